The number of carbonyl (C=O) groups excluding carboxylic acids is 1. The van der Waals surface area contributed by atoms with E-state index in [2.05, 4.69) is 14.3 Å². The van der Waals surface area contributed by atoms with Crippen LogP contribution >= 0.6 is 0 Å². The van der Waals surface area contributed by atoms with Crippen LogP contribution in [0.1, 0.15) is 36.0 Å². The summed E-state index contributed by atoms with van der Waals surface area (Å²) in [7, 11) is 1.39. The molecule has 0 bridgehead atoms. The minimum Gasteiger partial charge on any atom is -0.465 e. The number of anilines is 1. The van der Waals surface area contributed by atoms with Crippen molar-refractivity contribution in [2.24, 2.45) is 5.41 Å². The number of ether oxygens (including phenoxy) is 1. The predicted octanol–water partition coefficient (Wildman–Crippen LogP) is 3.05. The molecule has 5 rings (SSSR count). The third-order valence-corrected chi connectivity index (χ3v) is 5.83. The highest BCUT2D eigenvalue weighted by Gasteiger charge is 2.44. The topological polar surface area (TPSA) is 59.7 Å². The Balaban J connectivity index is 1.63. The molecule has 3 aromatic rings. The Morgan fingerprint density at radius 3 is 2.68 bits per heavy atom. The van der Waals surface area contributed by atoms with Crippen LogP contribution in [0, 0.1) is 5.41 Å². The molecule has 0 unspecified atom stereocenters. The van der Waals surface area contributed by atoms with Gasteiger partial charge in [0.05, 0.1) is 36.2 Å². The first-order valence-electron chi connectivity index (χ1n) is 8.78. The lowest BCUT2D eigenvalue weighted by molar-refractivity contribution is 0.0601. The predicted molar refractivity (Wildman–Crippen MR) is 94.9 cm³/mol. The summed E-state index contributed by atoms with van der Waals surface area (Å²) in [4.78, 5) is 23.5. The lowest BCUT2D eigenvalue weighted by Gasteiger charge is -2.33. The second-order valence-corrected chi connectivity index (χ2v) is 7.27. The molecule has 2 aromatic heterocycles. The van der Waals surface area contributed by atoms with Gasteiger partial charge in [0.25, 0.3) is 0 Å². The molecular formula is C19H20N4O2. The van der Waals surface area contributed by atoms with Crippen LogP contribution in [0.5, 0.6) is 0 Å². The van der Waals surface area contributed by atoms with E-state index in [1.165, 1.54) is 32.8 Å². The molecule has 1 aromatic carbocycles. The molecule has 1 saturated carbocycles. The van der Waals surface area contributed by atoms with E-state index in [1.807, 2.05) is 18.6 Å². The zero-order valence-electron chi connectivity index (χ0n) is 14.2. The van der Waals surface area contributed by atoms with Gasteiger partial charge in [-0.25, -0.2) is 14.8 Å². The summed E-state index contributed by atoms with van der Waals surface area (Å²) in [6.45, 7) is 2.08. The van der Waals surface area contributed by atoms with Crippen LogP contribution in [-0.4, -0.2) is 40.5 Å². The molecule has 128 valence electrons. The number of fused-ring (bicyclic) bond motifs is 3. The molecule has 0 N–H and O–H groups in total. The molecule has 0 radical (unpaired) electrons. The zero-order valence-corrected chi connectivity index (χ0v) is 14.2. The van der Waals surface area contributed by atoms with Gasteiger partial charge in [-0.05, 0) is 49.3 Å². The fourth-order valence-corrected chi connectivity index (χ4v) is 3.99. The van der Waals surface area contributed by atoms with Crippen molar-refractivity contribution < 1.29 is 9.53 Å². The highest BCUT2D eigenvalue weighted by atomic mass is 16.5. The largest absolute Gasteiger partial charge is 0.465 e. The molecular weight excluding hydrogens is 316 g/mol. The number of nitrogens with zero attached hydrogens (tertiary/aromatic N) is 4. The highest BCUT2D eigenvalue weighted by molar-refractivity contribution is 5.95. The van der Waals surface area contributed by atoms with Crippen LogP contribution in [0.2, 0.25) is 0 Å². The summed E-state index contributed by atoms with van der Waals surface area (Å²) in [6.07, 6.45) is 8.95. The number of esters is 1. The first kappa shape index (κ1) is 14.7. The van der Waals surface area contributed by atoms with E-state index in [-0.39, 0.29) is 5.97 Å². The second kappa shape index (κ2) is 5.18. The smallest absolute Gasteiger partial charge is 0.337 e. The number of imidazole rings is 1. The lowest BCUT2D eigenvalue weighted by Crippen LogP contribution is -2.35. The first-order valence-corrected chi connectivity index (χ1v) is 8.78. The molecule has 6 heteroatoms. The molecule has 1 aliphatic heterocycles. The zero-order chi connectivity index (χ0) is 17.0. The van der Waals surface area contributed by atoms with E-state index < -0.39 is 0 Å². The molecule has 0 atom stereocenters. The van der Waals surface area contributed by atoms with Crippen molar-refractivity contribution in [3.05, 3.63) is 36.3 Å². The Morgan fingerprint density at radius 1 is 1.16 bits per heavy atom. The second-order valence-electron chi connectivity index (χ2n) is 7.27. The Kier molecular flexibility index (Phi) is 3.04. The number of piperidine rings is 1. The summed E-state index contributed by atoms with van der Waals surface area (Å²) >= 11 is 0. The molecule has 1 saturated heterocycles. The van der Waals surface area contributed by atoms with Crippen molar-refractivity contribution in [2.45, 2.75) is 25.7 Å². The minimum atomic E-state index is -0.343. The number of methoxy groups -OCH3 is 1. The fraction of sp³-hybridized carbons (Fsp3) is 0.421. The van der Waals surface area contributed by atoms with Crippen LogP contribution in [0.15, 0.2) is 30.7 Å². The minimum absolute atomic E-state index is 0.343. The van der Waals surface area contributed by atoms with Crippen LogP contribution < -0.4 is 4.90 Å². The van der Waals surface area contributed by atoms with Crippen molar-refractivity contribution in [1.82, 2.24) is 14.4 Å². The molecule has 1 aliphatic carbocycles. The molecule has 2 aliphatic rings. The van der Waals surface area contributed by atoms with Gasteiger partial charge in [0.15, 0.2) is 5.82 Å². The van der Waals surface area contributed by atoms with Gasteiger partial charge < -0.3 is 9.64 Å². The molecule has 0 amide bonds. The normalized spacial score (nSPS) is 18.8. The molecule has 1 spiro atoms. The summed E-state index contributed by atoms with van der Waals surface area (Å²) in [5.74, 6) is 0.618. The summed E-state index contributed by atoms with van der Waals surface area (Å²) < 4.78 is 6.89. The van der Waals surface area contributed by atoms with Gasteiger partial charge in [0.1, 0.15) is 5.52 Å². The number of aromatic nitrogens is 3. The summed E-state index contributed by atoms with van der Waals surface area (Å²) in [5.41, 5.74) is 3.89. The van der Waals surface area contributed by atoms with Gasteiger partial charge in [0.2, 0.25) is 0 Å². The molecule has 25 heavy (non-hydrogen) atoms. The monoisotopic (exact) mass is 336 g/mol. The third-order valence-electron chi connectivity index (χ3n) is 5.83. The van der Waals surface area contributed by atoms with E-state index >= 15 is 0 Å². The fourth-order valence-electron chi connectivity index (χ4n) is 3.99. The van der Waals surface area contributed by atoms with E-state index in [0.29, 0.717) is 11.0 Å². The Hall–Kier alpha value is -2.63. The molecule has 2 fully saturated rings. The third kappa shape index (κ3) is 2.27. The maximum absolute atomic E-state index is 11.9. The first-order chi connectivity index (χ1) is 12.2. The van der Waals surface area contributed by atoms with Crippen LogP contribution in [0.25, 0.3) is 16.6 Å². The number of rotatable bonds is 2. The van der Waals surface area contributed by atoms with E-state index in [9.17, 15) is 4.79 Å². The van der Waals surface area contributed by atoms with Gasteiger partial charge in [-0.3, -0.25) is 4.40 Å². The number of carbonyl (C=O) groups is 1. The van der Waals surface area contributed by atoms with Crippen molar-refractivity contribution in [3.63, 3.8) is 0 Å². The Bertz CT molecular complexity index is 980. The van der Waals surface area contributed by atoms with Crippen molar-refractivity contribution in [3.8, 4) is 0 Å². The number of hydrogen-bond acceptors (Lipinski definition) is 5. The number of benzene rings is 1. The van der Waals surface area contributed by atoms with Gasteiger partial charge >= 0.3 is 5.97 Å². The summed E-state index contributed by atoms with van der Waals surface area (Å²) in [6, 6.07) is 5.48. The molecule has 3 heterocycles. The Labute approximate surface area is 145 Å². The van der Waals surface area contributed by atoms with E-state index in [1.54, 1.807) is 12.1 Å². The maximum Gasteiger partial charge on any atom is 0.337 e. The van der Waals surface area contributed by atoms with E-state index in [0.717, 1.165) is 35.5 Å². The van der Waals surface area contributed by atoms with Crippen LogP contribution in [0.4, 0.5) is 5.82 Å². The standard InChI is InChI=1S/C19H20N4O2/c1-25-18(24)13-2-3-15-14(10-13)21-17(16-11-20-12-23(15)16)22-8-6-19(4-5-19)7-9-22/h2-3,10-12H,4-9H2,1H3. The van der Waals surface area contributed by atoms with E-state index in [4.69, 9.17) is 9.72 Å². The van der Waals surface area contributed by atoms with Crippen molar-refractivity contribution in [2.75, 3.05) is 25.1 Å². The average Bonchev–Trinajstić information content (AvgIpc) is 3.21. The SMILES string of the molecule is COC(=O)c1ccc2c(c1)nc(N1CCC3(CC1)CC3)c1cncn12. The van der Waals surface area contributed by atoms with Crippen molar-refractivity contribution in [1.29, 1.82) is 0 Å². The van der Waals surface area contributed by atoms with Crippen molar-refractivity contribution >= 4 is 28.3 Å². The van der Waals surface area contributed by atoms with Gasteiger partial charge in [-0.2, -0.15) is 0 Å². The van der Waals surface area contributed by atoms with Gasteiger partial charge in [0, 0.05) is 13.1 Å². The van der Waals surface area contributed by atoms with Gasteiger partial charge in [-0.15, -0.1) is 0 Å². The average molecular weight is 336 g/mol. The summed E-state index contributed by atoms with van der Waals surface area (Å²) in [5, 5.41) is 0. The van der Waals surface area contributed by atoms with Crippen LogP contribution in [-0.2, 0) is 4.74 Å². The van der Waals surface area contributed by atoms with Crippen LogP contribution in [0.3, 0.4) is 0 Å². The van der Waals surface area contributed by atoms with Gasteiger partial charge in [-0.1, -0.05) is 0 Å². The quantitative estimate of drug-likeness (QED) is 0.673. The molecule has 6 nitrogen and oxygen atoms in total. The Morgan fingerprint density at radius 2 is 1.96 bits per heavy atom. The lowest BCUT2D eigenvalue weighted by atomic mass is 9.94. The highest BCUT2D eigenvalue weighted by Crippen LogP contribution is 2.54. The maximum atomic E-state index is 11.9. The number of hydrogen-bond donors (Lipinski definition) is 0.